The van der Waals surface area contributed by atoms with Gasteiger partial charge in [0.25, 0.3) is 0 Å². The van der Waals surface area contributed by atoms with Gasteiger partial charge in [-0.15, -0.1) is 0 Å². The fourth-order valence-electron chi connectivity index (χ4n) is 1.55. The van der Waals surface area contributed by atoms with E-state index in [4.69, 9.17) is 11.0 Å². The summed E-state index contributed by atoms with van der Waals surface area (Å²) in [5, 5.41) is 10.7. The number of thiocyanates is 1. The van der Waals surface area contributed by atoms with E-state index in [-0.39, 0.29) is 0 Å². The Bertz CT molecular complexity index is 529. The fraction of sp³-hybridized carbons (Fsp3) is 0. The van der Waals surface area contributed by atoms with Crippen molar-refractivity contribution >= 4 is 17.4 Å². The van der Waals surface area contributed by atoms with Crippen LogP contribution in [0.5, 0.6) is 0 Å². The van der Waals surface area contributed by atoms with Crippen LogP contribution in [0.15, 0.2) is 53.4 Å². The van der Waals surface area contributed by atoms with E-state index in [2.05, 4.69) is 0 Å². The zero-order valence-corrected chi connectivity index (χ0v) is 9.37. The molecule has 3 heteroatoms. The minimum atomic E-state index is 0.667. The predicted molar refractivity (Wildman–Crippen MR) is 67.8 cm³/mol. The Hall–Kier alpha value is -1.92. The van der Waals surface area contributed by atoms with E-state index in [0.29, 0.717) is 5.69 Å². The van der Waals surface area contributed by atoms with Gasteiger partial charge in [0.05, 0.1) is 5.69 Å². The van der Waals surface area contributed by atoms with Crippen molar-refractivity contribution in [1.82, 2.24) is 0 Å². The largest absolute Gasteiger partial charge is 0.397 e. The average Bonchev–Trinajstić information content (AvgIpc) is 2.33. The van der Waals surface area contributed by atoms with Crippen LogP contribution >= 0.6 is 11.8 Å². The van der Waals surface area contributed by atoms with Gasteiger partial charge in [0.2, 0.25) is 0 Å². The number of hydrogen-bond acceptors (Lipinski definition) is 3. The van der Waals surface area contributed by atoms with Gasteiger partial charge in [0.15, 0.2) is 0 Å². The Labute approximate surface area is 98.7 Å². The van der Waals surface area contributed by atoms with E-state index in [9.17, 15) is 0 Å². The second-order valence-electron chi connectivity index (χ2n) is 3.28. The lowest BCUT2D eigenvalue weighted by molar-refractivity contribution is 1.46. The summed E-state index contributed by atoms with van der Waals surface area (Å²) in [6.45, 7) is 0. The van der Waals surface area contributed by atoms with E-state index in [1.54, 1.807) is 0 Å². The second-order valence-corrected chi connectivity index (χ2v) is 4.10. The lowest BCUT2D eigenvalue weighted by Crippen LogP contribution is -1.92. The molecule has 0 fully saturated rings. The van der Waals surface area contributed by atoms with Gasteiger partial charge >= 0.3 is 0 Å². The van der Waals surface area contributed by atoms with Crippen LogP contribution in [-0.4, -0.2) is 0 Å². The number of anilines is 1. The first kappa shape index (κ1) is 10.6. The van der Waals surface area contributed by atoms with Crippen LogP contribution < -0.4 is 5.73 Å². The summed E-state index contributed by atoms with van der Waals surface area (Å²) in [6, 6.07) is 15.7. The summed E-state index contributed by atoms with van der Waals surface area (Å²) in [4.78, 5) is 0.809. The Morgan fingerprint density at radius 1 is 1.00 bits per heavy atom. The van der Waals surface area contributed by atoms with Crippen molar-refractivity contribution in [1.29, 1.82) is 5.26 Å². The van der Waals surface area contributed by atoms with Crippen molar-refractivity contribution < 1.29 is 0 Å². The van der Waals surface area contributed by atoms with E-state index in [0.717, 1.165) is 27.8 Å². The molecule has 0 aliphatic heterocycles. The van der Waals surface area contributed by atoms with Gasteiger partial charge in [-0.1, -0.05) is 42.5 Å². The fourth-order valence-corrected chi connectivity index (χ4v) is 2.02. The molecule has 0 spiro atoms. The summed E-state index contributed by atoms with van der Waals surface area (Å²) in [6.07, 6.45) is 0. The molecule has 0 aliphatic rings. The highest BCUT2D eigenvalue weighted by molar-refractivity contribution is 8.03. The Morgan fingerprint density at radius 2 is 1.75 bits per heavy atom. The molecule has 0 atom stereocenters. The number of thioether (sulfide) groups is 1. The number of nitrogens with two attached hydrogens (primary N) is 1. The van der Waals surface area contributed by atoms with Gasteiger partial charge < -0.3 is 5.73 Å². The predicted octanol–water partition coefficient (Wildman–Crippen LogP) is 3.51. The third-order valence-corrected chi connectivity index (χ3v) is 2.97. The quantitative estimate of drug-likeness (QED) is 0.484. The molecule has 2 aromatic rings. The van der Waals surface area contributed by atoms with Crippen molar-refractivity contribution in [3.63, 3.8) is 0 Å². The number of benzene rings is 2. The summed E-state index contributed by atoms with van der Waals surface area (Å²) >= 11 is 1.09. The van der Waals surface area contributed by atoms with Gasteiger partial charge in [0, 0.05) is 10.5 Å². The Morgan fingerprint density at radius 3 is 2.44 bits per heavy atom. The molecule has 2 rings (SSSR count). The van der Waals surface area contributed by atoms with Crippen LogP contribution in [0, 0.1) is 10.7 Å². The molecule has 0 aliphatic carbocycles. The highest BCUT2D eigenvalue weighted by atomic mass is 32.2. The smallest absolute Gasteiger partial charge is 0.138 e. The molecule has 78 valence electrons. The SMILES string of the molecule is N#CSc1cccc(-c2ccccc2)c1N. The normalized spacial score (nSPS) is 9.69. The van der Waals surface area contributed by atoms with E-state index in [1.165, 1.54) is 0 Å². The number of hydrogen-bond donors (Lipinski definition) is 1. The first-order chi connectivity index (χ1) is 7.83. The van der Waals surface area contributed by atoms with Crippen molar-refractivity contribution in [2.45, 2.75) is 4.90 Å². The van der Waals surface area contributed by atoms with Crippen LogP contribution in [0.1, 0.15) is 0 Å². The molecule has 0 amide bonds. The van der Waals surface area contributed by atoms with Crippen molar-refractivity contribution in [2.24, 2.45) is 0 Å². The Balaban J connectivity index is 2.51. The second kappa shape index (κ2) is 4.73. The molecule has 0 bridgehead atoms. The molecule has 0 aromatic heterocycles. The van der Waals surface area contributed by atoms with Gasteiger partial charge in [-0.05, 0) is 23.4 Å². The van der Waals surface area contributed by atoms with Crippen molar-refractivity contribution in [3.05, 3.63) is 48.5 Å². The summed E-state index contributed by atoms with van der Waals surface area (Å²) in [7, 11) is 0. The van der Waals surface area contributed by atoms with Gasteiger partial charge in [-0.2, -0.15) is 5.26 Å². The molecular formula is C13H10N2S. The van der Waals surface area contributed by atoms with Gasteiger partial charge in [-0.25, -0.2) is 0 Å². The first-order valence-electron chi connectivity index (χ1n) is 4.83. The van der Waals surface area contributed by atoms with E-state index in [1.807, 2.05) is 53.9 Å². The van der Waals surface area contributed by atoms with Crippen molar-refractivity contribution in [3.8, 4) is 16.5 Å². The lowest BCUT2D eigenvalue weighted by Gasteiger charge is -2.08. The standard InChI is InChI=1S/C13H10N2S/c14-9-16-12-8-4-7-11(13(12)15)10-5-2-1-3-6-10/h1-8H,15H2. The summed E-state index contributed by atoms with van der Waals surface area (Å²) in [5.74, 6) is 0. The average molecular weight is 226 g/mol. The molecule has 2 aromatic carbocycles. The monoisotopic (exact) mass is 226 g/mol. The zero-order chi connectivity index (χ0) is 11.4. The topological polar surface area (TPSA) is 49.8 Å². The Kier molecular flexibility index (Phi) is 3.13. The third-order valence-electron chi connectivity index (χ3n) is 2.31. The molecule has 2 N–H and O–H groups in total. The first-order valence-corrected chi connectivity index (χ1v) is 5.64. The summed E-state index contributed by atoms with van der Waals surface area (Å²) in [5.41, 5.74) is 8.74. The number of rotatable bonds is 2. The van der Waals surface area contributed by atoms with Gasteiger partial charge in [-0.3, -0.25) is 0 Å². The molecular weight excluding hydrogens is 216 g/mol. The molecule has 0 saturated carbocycles. The van der Waals surface area contributed by atoms with Crippen LogP contribution in [0.2, 0.25) is 0 Å². The number of nitriles is 1. The molecule has 2 nitrogen and oxygen atoms in total. The maximum Gasteiger partial charge on any atom is 0.138 e. The van der Waals surface area contributed by atoms with Crippen LogP contribution in [0.4, 0.5) is 5.69 Å². The molecule has 0 unspecified atom stereocenters. The molecule has 0 radical (unpaired) electrons. The minimum absolute atomic E-state index is 0.667. The molecule has 0 saturated heterocycles. The van der Waals surface area contributed by atoms with Crippen LogP contribution in [0.25, 0.3) is 11.1 Å². The lowest BCUT2D eigenvalue weighted by atomic mass is 10.0. The van der Waals surface area contributed by atoms with Gasteiger partial charge in [0.1, 0.15) is 5.40 Å². The maximum absolute atomic E-state index is 8.66. The number of para-hydroxylation sites is 1. The van der Waals surface area contributed by atoms with E-state index < -0.39 is 0 Å². The zero-order valence-electron chi connectivity index (χ0n) is 8.55. The summed E-state index contributed by atoms with van der Waals surface area (Å²) < 4.78 is 0. The molecule has 16 heavy (non-hydrogen) atoms. The van der Waals surface area contributed by atoms with E-state index >= 15 is 0 Å². The molecule has 0 heterocycles. The highest BCUT2D eigenvalue weighted by Gasteiger charge is 2.06. The van der Waals surface area contributed by atoms with Crippen LogP contribution in [0.3, 0.4) is 0 Å². The maximum atomic E-state index is 8.66. The van der Waals surface area contributed by atoms with Crippen molar-refractivity contribution in [2.75, 3.05) is 5.73 Å². The highest BCUT2D eigenvalue weighted by Crippen LogP contribution is 2.33. The minimum Gasteiger partial charge on any atom is -0.397 e. The number of nitrogens with zero attached hydrogens (tertiary/aromatic N) is 1. The third kappa shape index (κ3) is 2.02. The number of nitrogen functional groups attached to an aromatic ring is 1. The van der Waals surface area contributed by atoms with Crippen LogP contribution in [-0.2, 0) is 0 Å².